The van der Waals surface area contributed by atoms with Crippen LogP contribution in [0.1, 0.15) is 6.92 Å². The van der Waals surface area contributed by atoms with Crippen LogP contribution in [-0.4, -0.2) is 32.5 Å². The second kappa shape index (κ2) is 6.77. The topological polar surface area (TPSA) is 116 Å². The van der Waals surface area contributed by atoms with Crippen LogP contribution in [0.2, 0.25) is 0 Å². The lowest BCUT2D eigenvalue weighted by Gasteiger charge is -2.07. The zero-order valence-electron chi connectivity index (χ0n) is 10.3. The monoisotopic (exact) mass is 366 g/mol. The summed E-state index contributed by atoms with van der Waals surface area (Å²) in [6.07, 6.45) is 0. The average Bonchev–Trinajstić information content (AvgIpc) is 2.36. The molecule has 1 rings (SSSR count). The van der Waals surface area contributed by atoms with Gasteiger partial charge in [-0.3, -0.25) is 14.9 Å². The maximum atomic E-state index is 12.0. The second-order valence-corrected chi connectivity index (χ2v) is 6.15. The number of nitro benzene ring substituents is 1. The van der Waals surface area contributed by atoms with Gasteiger partial charge < -0.3 is 4.74 Å². The van der Waals surface area contributed by atoms with Gasteiger partial charge in [-0.2, -0.15) is 4.72 Å². The summed E-state index contributed by atoms with van der Waals surface area (Å²) >= 11 is 3.04. The van der Waals surface area contributed by atoms with Crippen molar-refractivity contribution in [1.82, 2.24) is 4.72 Å². The van der Waals surface area contributed by atoms with Crippen molar-refractivity contribution >= 4 is 37.6 Å². The van der Waals surface area contributed by atoms with E-state index in [1.54, 1.807) is 6.92 Å². The van der Waals surface area contributed by atoms with E-state index < -0.39 is 38.0 Å². The van der Waals surface area contributed by atoms with Crippen LogP contribution in [0, 0.1) is 10.1 Å². The molecule has 0 atom stereocenters. The van der Waals surface area contributed by atoms with Crippen molar-refractivity contribution in [2.24, 2.45) is 0 Å². The molecule has 0 aliphatic carbocycles. The minimum Gasteiger partial charge on any atom is -0.465 e. The van der Waals surface area contributed by atoms with Crippen molar-refractivity contribution in [2.75, 3.05) is 13.2 Å². The molecule has 1 N–H and O–H groups in total. The molecule has 0 saturated carbocycles. The van der Waals surface area contributed by atoms with Crippen LogP contribution in [0.15, 0.2) is 27.6 Å². The van der Waals surface area contributed by atoms with Gasteiger partial charge in [0, 0.05) is 10.5 Å². The summed E-state index contributed by atoms with van der Waals surface area (Å²) < 4.78 is 30.8. The van der Waals surface area contributed by atoms with Crippen molar-refractivity contribution < 1.29 is 22.9 Å². The number of nitro groups is 1. The number of carbonyl (C=O) groups excluding carboxylic acids is 1. The van der Waals surface area contributed by atoms with E-state index >= 15 is 0 Å². The first-order valence-corrected chi connectivity index (χ1v) is 7.64. The number of nitrogens with zero attached hydrogens (tertiary/aromatic N) is 1. The molecule has 0 heterocycles. The summed E-state index contributed by atoms with van der Waals surface area (Å²) in [5.41, 5.74) is -0.579. The van der Waals surface area contributed by atoms with Gasteiger partial charge >= 0.3 is 5.97 Å². The van der Waals surface area contributed by atoms with Gasteiger partial charge in [0.15, 0.2) is 4.90 Å². The minimum atomic E-state index is -4.19. The molecule has 1 aromatic carbocycles. The van der Waals surface area contributed by atoms with E-state index in [0.29, 0.717) is 4.47 Å². The van der Waals surface area contributed by atoms with Gasteiger partial charge in [0.05, 0.1) is 11.5 Å². The molecule has 0 saturated heterocycles. The summed E-state index contributed by atoms with van der Waals surface area (Å²) in [4.78, 5) is 20.6. The summed E-state index contributed by atoms with van der Waals surface area (Å²) in [6, 6.07) is 3.50. The Morgan fingerprint density at radius 1 is 1.50 bits per heavy atom. The first-order chi connectivity index (χ1) is 9.27. The maximum Gasteiger partial charge on any atom is 0.321 e. The van der Waals surface area contributed by atoms with Gasteiger partial charge in [-0.25, -0.2) is 8.42 Å². The summed E-state index contributed by atoms with van der Waals surface area (Å²) in [7, 11) is -4.19. The molecule has 0 amide bonds. The third-order valence-electron chi connectivity index (χ3n) is 2.12. The highest BCUT2D eigenvalue weighted by atomic mass is 79.9. The molecule has 0 aliphatic heterocycles. The quantitative estimate of drug-likeness (QED) is 0.459. The SMILES string of the molecule is CCOC(=O)CNS(=O)(=O)c1cc(Br)ccc1[N+](=O)[O-]. The maximum absolute atomic E-state index is 12.0. The molecule has 0 spiro atoms. The van der Waals surface area contributed by atoms with E-state index in [1.165, 1.54) is 6.07 Å². The molecule has 10 heteroatoms. The third kappa shape index (κ3) is 4.25. The highest BCUT2D eigenvalue weighted by Gasteiger charge is 2.26. The molecular formula is C10H11BrN2O6S. The molecule has 8 nitrogen and oxygen atoms in total. The predicted molar refractivity (Wildman–Crippen MR) is 72.6 cm³/mol. The number of rotatable bonds is 6. The van der Waals surface area contributed by atoms with Crippen molar-refractivity contribution in [2.45, 2.75) is 11.8 Å². The lowest BCUT2D eigenvalue weighted by molar-refractivity contribution is -0.387. The number of ether oxygens (including phenoxy) is 1. The Labute approximate surface area is 123 Å². The van der Waals surface area contributed by atoms with Crippen LogP contribution < -0.4 is 4.72 Å². The normalized spacial score (nSPS) is 11.1. The van der Waals surface area contributed by atoms with Gasteiger partial charge in [-0.05, 0) is 19.1 Å². The van der Waals surface area contributed by atoms with E-state index in [-0.39, 0.29) is 6.61 Å². The standard InChI is InChI=1S/C10H11BrN2O6S/c1-2-19-10(14)6-12-20(17,18)9-5-7(11)3-4-8(9)13(15)16/h3-5,12H,2,6H2,1H3. The Morgan fingerprint density at radius 2 is 2.15 bits per heavy atom. The first-order valence-electron chi connectivity index (χ1n) is 5.37. The van der Waals surface area contributed by atoms with Gasteiger partial charge in [0.2, 0.25) is 10.0 Å². The highest BCUT2D eigenvalue weighted by Crippen LogP contribution is 2.26. The van der Waals surface area contributed by atoms with Gasteiger partial charge in [-0.1, -0.05) is 15.9 Å². The van der Waals surface area contributed by atoms with Crippen LogP contribution >= 0.6 is 15.9 Å². The Morgan fingerprint density at radius 3 is 2.70 bits per heavy atom. The van der Waals surface area contributed by atoms with Crippen molar-refractivity contribution in [1.29, 1.82) is 0 Å². The van der Waals surface area contributed by atoms with Gasteiger partial charge in [-0.15, -0.1) is 0 Å². The Bertz CT molecular complexity index is 631. The Hall–Kier alpha value is -1.52. The van der Waals surface area contributed by atoms with E-state index in [2.05, 4.69) is 20.7 Å². The van der Waals surface area contributed by atoms with Crippen LogP contribution in [0.3, 0.4) is 0 Å². The fourth-order valence-corrected chi connectivity index (χ4v) is 2.97. The molecule has 1 aromatic rings. The molecule has 0 bridgehead atoms. The zero-order valence-corrected chi connectivity index (χ0v) is 12.7. The van der Waals surface area contributed by atoms with E-state index in [0.717, 1.165) is 12.1 Å². The number of hydrogen-bond acceptors (Lipinski definition) is 6. The largest absolute Gasteiger partial charge is 0.465 e. The number of nitrogens with one attached hydrogen (secondary N) is 1. The number of esters is 1. The van der Waals surface area contributed by atoms with Crippen LogP contribution in [0.5, 0.6) is 0 Å². The minimum absolute atomic E-state index is 0.109. The molecule has 0 radical (unpaired) electrons. The second-order valence-electron chi connectivity index (χ2n) is 3.50. The predicted octanol–water partition coefficient (Wildman–Crippen LogP) is 1.20. The summed E-state index contributed by atoms with van der Waals surface area (Å²) in [5, 5.41) is 10.8. The van der Waals surface area contributed by atoms with Crippen molar-refractivity contribution in [3.05, 3.63) is 32.8 Å². The third-order valence-corrected chi connectivity index (χ3v) is 4.04. The van der Waals surface area contributed by atoms with Gasteiger partial charge in [0.1, 0.15) is 6.54 Å². The lowest BCUT2D eigenvalue weighted by atomic mass is 10.3. The molecule has 20 heavy (non-hydrogen) atoms. The molecule has 110 valence electrons. The van der Waals surface area contributed by atoms with Gasteiger partial charge in [0.25, 0.3) is 5.69 Å². The lowest BCUT2D eigenvalue weighted by Crippen LogP contribution is -2.31. The zero-order chi connectivity index (χ0) is 15.3. The molecule has 0 aromatic heterocycles. The van der Waals surface area contributed by atoms with Crippen LogP contribution in [0.4, 0.5) is 5.69 Å². The molecular weight excluding hydrogens is 356 g/mol. The van der Waals surface area contributed by atoms with E-state index in [4.69, 9.17) is 0 Å². The average molecular weight is 367 g/mol. The Kier molecular flexibility index (Phi) is 5.60. The summed E-state index contributed by atoms with van der Waals surface area (Å²) in [6.45, 7) is 1.09. The number of halogens is 1. The van der Waals surface area contributed by atoms with Crippen LogP contribution in [0.25, 0.3) is 0 Å². The Balaban J connectivity index is 3.06. The summed E-state index contributed by atoms with van der Waals surface area (Å²) in [5.74, 6) is -0.770. The van der Waals surface area contributed by atoms with E-state index in [1.807, 2.05) is 4.72 Å². The number of hydrogen-bond donors (Lipinski definition) is 1. The number of benzene rings is 1. The van der Waals surface area contributed by atoms with Crippen molar-refractivity contribution in [3.63, 3.8) is 0 Å². The number of sulfonamides is 1. The van der Waals surface area contributed by atoms with E-state index in [9.17, 15) is 23.3 Å². The molecule has 0 fully saturated rings. The number of carbonyl (C=O) groups is 1. The molecule has 0 aliphatic rings. The smallest absolute Gasteiger partial charge is 0.321 e. The fraction of sp³-hybridized carbons (Fsp3) is 0.300. The highest BCUT2D eigenvalue weighted by molar-refractivity contribution is 9.10. The molecule has 0 unspecified atom stereocenters. The van der Waals surface area contributed by atoms with Crippen molar-refractivity contribution in [3.8, 4) is 0 Å². The fourth-order valence-electron chi connectivity index (χ4n) is 1.30. The van der Waals surface area contributed by atoms with Crippen LogP contribution in [-0.2, 0) is 19.6 Å². The first kappa shape index (κ1) is 16.5.